The molecule has 0 aliphatic rings. The summed E-state index contributed by atoms with van der Waals surface area (Å²) in [5.41, 5.74) is 0.912. The van der Waals surface area contributed by atoms with Crippen molar-refractivity contribution in [2.45, 2.75) is 46.2 Å². The van der Waals surface area contributed by atoms with E-state index < -0.39 is 0 Å². The van der Waals surface area contributed by atoms with Crippen molar-refractivity contribution in [2.24, 2.45) is 5.92 Å². The van der Waals surface area contributed by atoms with E-state index >= 15 is 0 Å². The second kappa shape index (κ2) is 7.19. The highest BCUT2D eigenvalue weighted by Gasteiger charge is 2.18. The summed E-state index contributed by atoms with van der Waals surface area (Å²) in [6, 6.07) is 7.13. The average molecular weight is 280 g/mol. The van der Waals surface area contributed by atoms with Gasteiger partial charge in [-0.05, 0) is 53.3 Å². The molecule has 0 radical (unpaired) electrons. The highest BCUT2D eigenvalue weighted by atomic mass is 19.1. The molecule has 2 nitrogen and oxygen atoms in total. The SMILES string of the molecule is CC(CNC(C)(C)C)CN(C)C(C)c1ccccc1F. The van der Waals surface area contributed by atoms with Gasteiger partial charge in [0.05, 0.1) is 0 Å². The highest BCUT2D eigenvalue weighted by molar-refractivity contribution is 5.20. The predicted molar refractivity (Wildman–Crippen MR) is 84.4 cm³/mol. The van der Waals surface area contributed by atoms with Crippen molar-refractivity contribution in [1.82, 2.24) is 10.2 Å². The molecule has 2 unspecified atom stereocenters. The van der Waals surface area contributed by atoms with Crippen LogP contribution in [0.1, 0.15) is 46.2 Å². The van der Waals surface area contributed by atoms with E-state index in [0.29, 0.717) is 5.92 Å². The van der Waals surface area contributed by atoms with Crippen molar-refractivity contribution in [3.05, 3.63) is 35.6 Å². The molecular weight excluding hydrogens is 251 g/mol. The summed E-state index contributed by atoms with van der Waals surface area (Å²) < 4.78 is 13.8. The molecule has 0 saturated carbocycles. The van der Waals surface area contributed by atoms with E-state index in [9.17, 15) is 4.39 Å². The molecule has 1 aromatic rings. The summed E-state index contributed by atoms with van der Waals surface area (Å²) >= 11 is 0. The maximum absolute atomic E-state index is 13.8. The minimum absolute atomic E-state index is 0.0910. The lowest BCUT2D eigenvalue weighted by atomic mass is 10.0. The fourth-order valence-corrected chi connectivity index (χ4v) is 2.25. The van der Waals surface area contributed by atoms with Crippen LogP contribution in [0, 0.1) is 11.7 Å². The summed E-state index contributed by atoms with van der Waals surface area (Å²) in [5, 5.41) is 3.52. The number of hydrogen-bond acceptors (Lipinski definition) is 2. The van der Waals surface area contributed by atoms with Crippen molar-refractivity contribution >= 4 is 0 Å². The third kappa shape index (κ3) is 5.59. The Morgan fingerprint density at radius 1 is 1.20 bits per heavy atom. The van der Waals surface area contributed by atoms with E-state index in [1.54, 1.807) is 6.07 Å². The van der Waals surface area contributed by atoms with Gasteiger partial charge in [0.15, 0.2) is 0 Å². The molecule has 20 heavy (non-hydrogen) atoms. The molecule has 0 bridgehead atoms. The lowest BCUT2D eigenvalue weighted by molar-refractivity contribution is 0.214. The van der Waals surface area contributed by atoms with Crippen LogP contribution >= 0.6 is 0 Å². The van der Waals surface area contributed by atoms with Gasteiger partial charge >= 0.3 is 0 Å². The summed E-state index contributed by atoms with van der Waals surface area (Å²) in [4.78, 5) is 2.22. The van der Waals surface area contributed by atoms with Gasteiger partial charge in [0.2, 0.25) is 0 Å². The molecule has 0 spiro atoms. The first-order valence-electron chi connectivity index (χ1n) is 7.40. The van der Waals surface area contributed by atoms with Crippen molar-refractivity contribution in [3.8, 4) is 0 Å². The lowest BCUT2D eigenvalue weighted by Crippen LogP contribution is -2.41. The number of nitrogens with zero attached hydrogens (tertiary/aromatic N) is 1. The Kier molecular flexibility index (Phi) is 6.15. The van der Waals surface area contributed by atoms with Crippen LogP contribution < -0.4 is 5.32 Å². The van der Waals surface area contributed by atoms with Crippen LogP contribution in [-0.2, 0) is 0 Å². The molecule has 1 rings (SSSR count). The Labute approximate surface area is 123 Å². The quantitative estimate of drug-likeness (QED) is 0.851. The van der Waals surface area contributed by atoms with Crippen LogP contribution in [0.4, 0.5) is 4.39 Å². The number of halogens is 1. The number of nitrogens with one attached hydrogen (secondary N) is 1. The maximum Gasteiger partial charge on any atom is 0.127 e. The summed E-state index contributed by atoms with van der Waals surface area (Å²) in [5.74, 6) is 0.403. The molecule has 0 aromatic heterocycles. The standard InChI is InChI=1S/C17H29FN2/c1-13(11-19-17(3,4)5)12-20(6)14(2)15-9-7-8-10-16(15)18/h7-10,13-14,19H,11-12H2,1-6H3. The van der Waals surface area contributed by atoms with E-state index in [1.807, 2.05) is 12.1 Å². The van der Waals surface area contributed by atoms with Crippen molar-refractivity contribution < 1.29 is 4.39 Å². The van der Waals surface area contributed by atoms with Gasteiger partial charge in [-0.2, -0.15) is 0 Å². The molecule has 0 fully saturated rings. The van der Waals surface area contributed by atoms with Crippen LogP contribution in [0.2, 0.25) is 0 Å². The first-order valence-corrected chi connectivity index (χ1v) is 7.40. The predicted octanol–water partition coefficient (Wildman–Crippen LogP) is 3.84. The van der Waals surface area contributed by atoms with Gasteiger partial charge in [0, 0.05) is 23.7 Å². The normalized spacial score (nSPS) is 15.4. The summed E-state index contributed by atoms with van der Waals surface area (Å²) in [6.45, 7) is 12.7. The van der Waals surface area contributed by atoms with Crippen LogP contribution in [0.5, 0.6) is 0 Å². The number of hydrogen-bond donors (Lipinski definition) is 1. The van der Waals surface area contributed by atoms with Crippen molar-refractivity contribution in [2.75, 3.05) is 20.1 Å². The Morgan fingerprint density at radius 2 is 1.80 bits per heavy atom. The topological polar surface area (TPSA) is 15.3 Å². The van der Waals surface area contributed by atoms with E-state index in [-0.39, 0.29) is 17.4 Å². The first-order chi connectivity index (χ1) is 9.20. The molecule has 1 aromatic carbocycles. The van der Waals surface area contributed by atoms with Gasteiger partial charge < -0.3 is 5.32 Å². The Morgan fingerprint density at radius 3 is 2.35 bits per heavy atom. The van der Waals surface area contributed by atoms with Crippen LogP contribution in [0.3, 0.4) is 0 Å². The zero-order chi connectivity index (χ0) is 15.3. The Hall–Kier alpha value is -0.930. The molecule has 0 aliphatic carbocycles. The molecule has 1 N–H and O–H groups in total. The van der Waals surface area contributed by atoms with Crippen molar-refractivity contribution in [3.63, 3.8) is 0 Å². The molecule has 0 aliphatic heterocycles. The molecule has 3 heteroatoms. The van der Waals surface area contributed by atoms with Gasteiger partial charge in [-0.3, -0.25) is 4.90 Å². The van der Waals surface area contributed by atoms with Gasteiger partial charge in [0.1, 0.15) is 5.82 Å². The smallest absolute Gasteiger partial charge is 0.127 e. The fourth-order valence-electron chi connectivity index (χ4n) is 2.25. The second-order valence-electron chi connectivity index (χ2n) is 6.87. The molecule has 0 amide bonds. The van der Waals surface area contributed by atoms with Crippen LogP contribution in [-0.4, -0.2) is 30.6 Å². The van der Waals surface area contributed by atoms with Crippen LogP contribution in [0.15, 0.2) is 24.3 Å². The van der Waals surface area contributed by atoms with Crippen LogP contribution in [0.25, 0.3) is 0 Å². The molecule has 114 valence electrons. The minimum Gasteiger partial charge on any atom is -0.312 e. The average Bonchev–Trinajstić information content (AvgIpc) is 2.35. The third-order valence-corrected chi connectivity index (χ3v) is 3.60. The van der Waals surface area contributed by atoms with E-state index in [0.717, 1.165) is 18.7 Å². The monoisotopic (exact) mass is 280 g/mol. The zero-order valence-electron chi connectivity index (χ0n) is 13.7. The van der Waals surface area contributed by atoms with E-state index in [1.165, 1.54) is 6.07 Å². The third-order valence-electron chi connectivity index (χ3n) is 3.60. The summed E-state index contributed by atoms with van der Waals surface area (Å²) in [7, 11) is 2.06. The van der Waals surface area contributed by atoms with Gasteiger partial charge in [-0.15, -0.1) is 0 Å². The maximum atomic E-state index is 13.8. The largest absolute Gasteiger partial charge is 0.312 e. The van der Waals surface area contributed by atoms with E-state index in [4.69, 9.17) is 0 Å². The molecule has 2 atom stereocenters. The molecule has 0 saturated heterocycles. The van der Waals surface area contributed by atoms with Gasteiger partial charge in [-0.25, -0.2) is 4.39 Å². The lowest BCUT2D eigenvalue weighted by Gasteiger charge is -2.30. The molecular formula is C17H29FN2. The minimum atomic E-state index is -0.118. The van der Waals surface area contributed by atoms with E-state index in [2.05, 4.69) is 51.9 Å². The van der Waals surface area contributed by atoms with Gasteiger partial charge in [0.25, 0.3) is 0 Å². The highest BCUT2D eigenvalue weighted by Crippen LogP contribution is 2.22. The number of rotatable bonds is 6. The summed E-state index contributed by atoms with van der Waals surface area (Å²) in [6.07, 6.45) is 0. The van der Waals surface area contributed by atoms with Gasteiger partial charge in [-0.1, -0.05) is 25.1 Å². The molecule has 0 heterocycles. The fraction of sp³-hybridized carbons (Fsp3) is 0.647. The number of benzene rings is 1. The Bertz CT molecular complexity index is 412. The first kappa shape index (κ1) is 17.1. The Balaban J connectivity index is 2.54. The zero-order valence-corrected chi connectivity index (χ0v) is 13.7. The van der Waals surface area contributed by atoms with Crippen molar-refractivity contribution in [1.29, 1.82) is 0 Å². The second-order valence-corrected chi connectivity index (χ2v) is 6.87.